The number of hydrogen-bond donors (Lipinski definition) is 1. The molecule has 0 radical (unpaired) electrons. The molecule has 0 bridgehead atoms. The molecule has 1 aromatic heterocycles. The summed E-state index contributed by atoms with van der Waals surface area (Å²) in [6, 6.07) is 3.62. The molecule has 2 heterocycles. The molecule has 1 aliphatic heterocycles. The Morgan fingerprint density at radius 1 is 1.47 bits per heavy atom. The average Bonchev–Trinajstić information content (AvgIpc) is 2.72. The van der Waals surface area contributed by atoms with E-state index in [4.69, 9.17) is 0 Å². The highest BCUT2D eigenvalue weighted by atomic mass is 16.2. The third kappa shape index (κ3) is 3.46. The van der Waals surface area contributed by atoms with Gasteiger partial charge in [-0.25, -0.2) is 4.98 Å². The summed E-state index contributed by atoms with van der Waals surface area (Å²) in [5.74, 6) is 1.66. The molecule has 104 valence electrons. The standard InChI is InChI=1S/C15H23N3O/c1-3-12-5-4-9-18(10-7-12)15(19)13-6-8-17-14(11-13)16-2/h6,8,11-12H,3-5,7,9-10H2,1-2H3,(H,16,17). The molecule has 4 heteroatoms. The highest BCUT2D eigenvalue weighted by Crippen LogP contribution is 2.21. The first-order valence-electron chi connectivity index (χ1n) is 7.17. The van der Waals surface area contributed by atoms with Crippen molar-refractivity contribution in [1.82, 2.24) is 9.88 Å². The van der Waals surface area contributed by atoms with Gasteiger partial charge in [0.25, 0.3) is 5.91 Å². The number of amides is 1. The summed E-state index contributed by atoms with van der Waals surface area (Å²) < 4.78 is 0. The fourth-order valence-corrected chi connectivity index (χ4v) is 2.66. The zero-order chi connectivity index (χ0) is 13.7. The molecule has 0 spiro atoms. The maximum atomic E-state index is 12.5. The lowest BCUT2D eigenvalue weighted by Crippen LogP contribution is -2.32. The quantitative estimate of drug-likeness (QED) is 0.910. The van der Waals surface area contributed by atoms with E-state index in [1.165, 1.54) is 12.8 Å². The monoisotopic (exact) mass is 261 g/mol. The second-order valence-corrected chi connectivity index (χ2v) is 5.18. The summed E-state index contributed by atoms with van der Waals surface area (Å²) in [5.41, 5.74) is 0.731. The number of nitrogens with zero attached hydrogens (tertiary/aromatic N) is 2. The van der Waals surface area contributed by atoms with Crippen molar-refractivity contribution in [3.63, 3.8) is 0 Å². The molecule has 1 atom stereocenters. The fourth-order valence-electron chi connectivity index (χ4n) is 2.66. The van der Waals surface area contributed by atoms with Gasteiger partial charge >= 0.3 is 0 Å². The highest BCUT2D eigenvalue weighted by Gasteiger charge is 2.20. The molecule has 19 heavy (non-hydrogen) atoms. The molecular formula is C15H23N3O. The van der Waals surface area contributed by atoms with Gasteiger partial charge in [-0.3, -0.25) is 4.79 Å². The Hall–Kier alpha value is -1.58. The van der Waals surface area contributed by atoms with Crippen LogP contribution in [0.2, 0.25) is 0 Å². The topological polar surface area (TPSA) is 45.2 Å². The number of pyridine rings is 1. The van der Waals surface area contributed by atoms with E-state index < -0.39 is 0 Å². The Morgan fingerprint density at radius 3 is 3.05 bits per heavy atom. The van der Waals surface area contributed by atoms with Gasteiger partial charge in [0.15, 0.2) is 0 Å². The molecular weight excluding hydrogens is 238 g/mol. The molecule has 1 saturated heterocycles. The van der Waals surface area contributed by atoms with Gasteiger partial charge in [-0.2, -0.15) is 0 Å². The minimum absolute atomic E-state index is 0.135. The first-order valence-corrected chi connectivity index (χ1v) is 7.17. The normalized spacial score (nSPS) is 19.9. The molecule has 0 aliphatic carbocycles. The minimum atomic E-state index is 0.135. The number of carbonyl (C=O) groups is 1. The van der Waals surface area contributed by atoms with Gasteiger partial charge < -0.3 is 10.2 Å². The number of rotatable bonds is 3. The maximum absolute atomic E-state index is 12.5. The number of carbonyl (C=O) groups excluding carboxylic acids is 1. The van der Waals surface area contributed by atoms with Gasteiger partial charge in [-0.05, 0) is 37.3 Å². The summed E-state index contributed by atoms with van der Waals surface area (Å²) in [4.78, 5) is 18.6. The zero-order valence-electron chi connectivity index (χ0n) is 11.9. The molecule has 1 amide bonds. The Balaban J connectivity index is 2.06. The third-order valence-electron chi connectivity index (χ3n) is 3.98. The third-order valence-corrected chi connectivity index (χ3v) is 3.98. The number of likely N-dealkylation sites (tertiary alicyclic amines) is 1. The van der Waals surface area contributed by atoms with Crippen molar-refractivity contribution in [2.45, 2.75) is 32.6 Å². The fraction of sp³-hybridized carbons (Fsp3) is 0.600. The highest BCUT2D eigenvalue weighted by molar-refractivity contribution is 5.94. The van der Waals surface area contributed by atoms with Crippen molar-refractivity contribution in [3.8, 4) is 0 Å². The zero-order valence-corrected chi connectivity index (χ0v) is 11.9. The molecule has 1 unspecified atom stereocenters. The molecule has 0 saturated carbocycles. The number of aromatic nitrogens is 1. The first-order chi connectivity index (χ1) is 9.24. The average molecular weight is 261 g/mol. The van der Waals surface area contributed by atoms with Crippen molar-refractivity contribution >= 4 is 11.7 Å². The number of anilines is 1. The Morgan fingerprint density at radius 2 is 2.32 bits per heavy atom. The van der Waals surface area contributed by atoms with Crippen LogP contribution in [-0.4, -0.2) is 35.9 Å². The SMILES string of the molecule is CCC1CCCN(C(=O)c2ccnc(NC)c2)CC1. The van der Waals surface area contributed by atoms with E-state index in [-0.39, 0.29) is 5.91 Å². The van der Waals surface area contributed by atoms with E-state index in [1.807, 2.05) is 18.0 Å². The van der Waals surface area contributed by atoms with Crippen LogP contribution in [0.4, 0.5) is 5.82 Å². The molecule has 1 N–H and O–H groups in total. The molecule has 1 fully saturated rings. The van der Waals surface area contributed by atoms with Gasteiger partial charge in [0.05, 0.1) is 0 Å². The van der Waals surface area contributed by atoms with Crippen LogP contribution in [0.5, 0.6) is 0 Å². The van der Waals surface area contributed by atoms with Crippen molar-refractivity contribution < 1.29 is 4.79 Å². The summed E-state index contributed by atoms with van der Waals surface area (Å²) in [6.07, 6.45) is 6.41. The molecule has 0 aromatic carbocycles. The molecule has 1 aliphatic rings. The Kier molecular flexibility index (Phi) is 4.77. The van der Waals surface area contributed by atoms with E-state index in [1.54, 1.807) is 12.3 Å². The lowest BCUT2D eigenvalue weighted by atomic mass is 9.98. The lowest BCUT2D eigenvalue weighted by molar-refractivity contribution is 0.0760. The van der Waals surface area contributed by atoms with Gasteiger partial charge in [-0.15, -0.1) is 0 Å². The van der Waals surface area contributed by atoms with Crippen LogP contribution >= 0.6 is 0 Å². The van der Waals surface area contributed by atoms with E-state index in [2.05, 4.69) is 17.2 Å². The van der Waals surface area contributed by atoms with Gasteiger partial charge in [0, 0.05) is 31.9 Å². The Bertz CT molecular complexity index is 433. The van der Waals surface area contributed by atoms with Crippen LogP contribution in [-0.2, 0) is 0 Å². The summed E-state index contributed by atoms with van der Waals surface area (Å²) >= 11 is 0. The second-order valence-electron chi connectivity index (χ2n) is 5.18. The molecule has 4 nitrogen and oxygen atoms in total. The van der Waals surface area contributed by atoms with E-state index >= 15 is 0 Å². The van der Waals surface area contributed by atoms with E-state index in [0.29, 0.717) is 0 Å². The summed E-state index contributed by atoms with van der Waals surface area (Å²) in [5, 5.41) is 2.97. The van der Waals surface area contributed by atoms with Crippen LogP contribution in [0.1, 0.15) is 43.0 Å². The van der Waals surface area contributed by atoms with E-state index in [0.717, 1.165) is 43.2 Å². The van der Waals surface area contributed by atoms with E-state index in [9.17, 15) is 4.79 Å². The van der Waals surface area contributed by atoms with Gasteiger partial charge in [0.1, 0.15) is 5.82 Å². The van der Waals surface area contributed by atoms with Crippen molar-refractivity contribution in [3.05, 3.63) is 23.9 Å². The van der Waals surface area contributed by atoms with Crippen molar-refractivity contribution in [1.29, 1.82) is 0 Å². The minimum Gasteiger partial charge on any atom is -0.373 e. The lowest BCUT2D eigenvalue weighted by Gasteiger charge is -2.20. The van der Waals surface area contributed by atoms with Crippen LogP contribution in [0.15, 0.2) is 18.3 Å². The van der Waals surface area contributed by atoms with Crippen LogP contribution in [0, 0.1) is 5.92 Å². The largest absolute Gasteiger partial charge is 0.373 e. The van der Waals surface area contributed by atoms with Crippen LogP contribution in [0.3, 0.4) is 0 Å². The summed E-state index contributed by atoms with van der Waals surface area (Å²) in [6.45, 7) is 4.01. The first kappa shape index (κ1) is 13.8. The maximum Gasteiger partial charge on any atom is 0.254 e. The Labute approximate surface area is 115 Å². The smallest absolute Gasteiger partial charge is 0.254 e. The van der Waals surface area contributed by atoms with Crippen LogP contribution in [0.25, 0.3) is 0 Å². The predicted molar refractivity (Wildman–Crippen MR) is 77.3 cm³/mol. The molecule has 1 aromatic rings. The van der Waals surface area contributed by atoms with Gasteiger partial charge in [-0.1, -0.05) is 13.3 Å². The second kappa shape index (κ2) is 6.55. The predicted octanol–water partition coefficient (Wildman–Crippen LogP) is 2.78. The van der Waals surface area contributed by atoms with Gasteiger partial charge in [0.2, 0.25) is 0 Å². The van der Waals surface area contributed by atoms with Crippen molar-refractivity contribution in [2.75, 3.05) is 25.5 Å². The molecule has 2 rings (SSSR count). The number of nitrogens with one attached hydrogen (secondary N) is 1. The number of hydrogen-bond acceptors (Lipinski definition) is 3. The summed E-state index contributed by atoms with van der Waals surface area (Å²) in [7, 11) is 1.81. The van der Waals surface area contributed by atoms with Crippen molar-refractivity contribution in [2.24, 2.45) is 5.92 Å². The van der Waals surface area contributed by atoms with Crippen LogP contribution < -0.4 is 5.32 Å².